The summed E-state index contributed by atoms with van der Waals surface area (Å²) in [6.45, 7) is 3.35. The molecule has 244 valence electrons. The van der Waals surface area contributed by atoms with Gasteiger partial charge in [-0.1, -0.05) is 56.3 Å². The van der Waals surface area contributed by atoms with Crippen LogP contribution in [0.1, 0.15) is 44.2 Å². The molecule has 0 aliphatic carbocycles. The molecule has 4 atom stereocenters. The zero-order valence-corrected chi connectivity index (χ0v) is 25.2. The number of hydrogen-bond donors (Lipinski definition) is 8. The largest absolute Gasteiger partial charge is 0.508 e. The molecular weight excluding hydrogens is 586 g/mol. The summed E-state index contributed by atoms with van der Waals surface area (Å²) in [5.41, 5.74) is 6.56. The molecule has 14 heteroatoms. The SMILES string of the molecule is CC(C)C[C@H](NC(=O)CN)C(=O)N[C@@H](Cc1ccccc1)C(=O)N[C@@H](CCC(=O)O)C(=O)N[C@@H](Cc1ccc(O)cc1)C(=O)O. The van der Waals surface area contributed by atoms with Gasteiger partial charge in [0.1, 0.15) is 29.9 Å². The third-order valence-electron chi connectivity index (χ3n) is 6.73. The van der Waals surface area contributed by atoms with Crippen molar-refractivity contribution in [2.24, 2.45) is 11.7 Å². The first-order valence-electron chi connectivity index (χ1n) is 14.5. The maximum atomic E-state index is 13.6. The van der Waals surface area contributed by atoms with E-state index in [9.17, 15) is 44.1 Å². The molecule has 0 bridgehead atoms. The molecule has 0 saturated heterocycles. The van der Waals surface area contributed by atoms with Crippen molar-refractivity contribution in [1.29, 1.82) is 0 Å². The summed E-state index contributed by atoms with van der Waals surface area (Å²) in [5, 5.41) is 38.5. The fourth-order valence-electron chi connectivity index (χ4n) is 4.44. The fraction of sp³-hybridized carbons (Fsp3) is 0.419. The second kappa shape index (κ2) is 18.0. The zero-order chi connectivity index (χ0) is 33.5. The van der Waals surface area contributed by atoms with Crippen molar-refractivity contribution < 1.29 is 44.1 Å². The number of nitrogens with one attached hydrogen (secondary N) is 4. The molecule has 0 fully saturated rings. The number of benzene rings is 2. The number of carboxylic acids is 2. The number of amides is 4. The van der Waals surface area contributed by atoms with Gasteiger partial charge < -0.3 is 42.3 Å². The zero-order valence-electron chi connectivity index (χ0n) is 25.2. The number of phenols is 1. The van der Waals surface area contributed by atoms with E-state index >= 15 is 0 Å². The van der Waals surface area contributed by atoms with Gasteiger partial charge in [-0.25, -0.2) is 4.79 Å². The molecule has 2 aromatic rings. The Kier molecular flexibility index (Phi) is 14.5. The van der Waals surface area contributed by atoms with Gasteiger partial charge in [0.05, 0.1) is 6.54 Å². The monoisotopic (exact) mass is 627 g/mol. The number of aromatic hydroxyl groups is 1. The smallest absolute Gasteiger partial charge is 0.326 e. The molecule has 0 aromatic heterocycles. The fourth-order valence-corrected chi connectivity index (χ4v) is 4.44. The summed E-state index contributed by atoms with van der Waals surface area (Å²) in [6.07, 6.45) is -0.806. The normalized spacial score (nSPS) is 13.5. The summed E-state index contributed by atoms with van der Waals surface area (Å²) in [7, 11) is 0. The van der Waals surface area contributed by atoms with Crippen LogP contribution < -0.4 is 27.0 Å². The van der Waals surface area contributed by atoms with Gasteiger partial charge in [-0.2, -0.15) is 0 Å². The number of carbonyl (C=O) groups excluding carboxylic acids is 4. The minimum Gasteiger partial charge on any atom is -0.508 e. The van der Waals surface area contributed by atoms with E-state index in [-0.39, 0.29) is 43.9 Å². The van der Waals surface area contributed by atoms with E-state index in [1.807, 2.05) is 13.8 Å². The average Bonchev–Trinajstić information content (AvgIpc) is 2.99. The van der Waals surface area contributed by atoms with Crippen LogP contribution in [0, 0.1) is 5.92 Å². The lowest BCUT2D eigenvalue weighted by Gasteiger charge is -2.26. The topological polar surface area (TPSA) is 237 Å². The lowest BCUT2D eigenvalue weighted by atomic mass is 10.0. The van der Waals surface area contributed by atoms with Crippen LogP contribution in [0.25, 0.3) is 0 Å². The molecule has 0 aliphatic heterocycles. The standard InChI is InChI=1S/C31H41N5O9/c1-18(2)14-23(33-26(38)17-32)29(42)35-24(15-19-6-4-3-5-7-19)30(43)34-22(12-13-27(39)40)28(41)36-25(31(44)45)16-20-8-10-21(37)11-9-20/h3-11,18,22-25,37H,12-17,32H2,1-2H3,(H,33,38)(H,34,43)(H,35,42)(H,36,41)(H,39,40)(H,44,45)/t22-,23-,24-,25-/m0/s1. The third kappa shape index (κ3) is 13.0. The van der Waals surface area contributed by atoms with E-state index in [1.165, 1.54) is 24.3 Å². The Bertz CT molecular complexity index is 1320. The van der Waals surface area contributed by atoms with Crippen molar-refractivity contribution in [3.63, 3.8) is 0 Å². The van der Waals surface area contributed by atoms with Gasteiger partial charge in [-0.3, -0.25) is 24.0 Å². The van der Waals surface area contributed by atoms with Crippen molar-refractivity contribution in [3.8, 4) is 5.75 Å². The Hall–Kier alpha value is -4.98. The number of carboxylic acid groups (broad SMARTS) is 2. The van der Waals surface area contributed by atoms with Gasteiger partial charge in [0.25, 0.3) is 0 Å². The predicted octanol–water partition coefficient (Wildman–Crippen LogP) is 0.0708. The van der Waals surface area contributed by atoms with Crippen LogP contribution in [-0.2, 0) is 41.6 Å². The van der Waals surface area contributed by atoms with Crippen LogP contribution in [0.5, 0.6) is 5.75 Å². The minimum atomic E-state index is -1.46. The summed E-state index contributed by atoms with van der Waals surface area (Å²) in [6, 6.07) is 9.22. The molecule has 2 aromatic carbocycles. The molecule has 0 heterocycles. The number of rotatable bonds is 18. The van der Waals surface area contributed by atoms with Gasteiger partial charge in [0.15, 0.2) is 0 Å². The van der Waals surface area contributed by atoms with Crippen molar-refractivity contribution in [3.05, 3.63) is 65.7 Å². The van der Waals surface area contributed by atoms with Crippen LogP contribution in [0.4, 0.5) is 0 Å². The summed E-state index contributed by atoms with van der Waals surface area (Å²) in [4.78, 5) is 75.5. The third-order valence-corrected chi connectivity index (χ3v) is 6.73. The number of carbonyl (C=O) groups is 6. The van der Waals surface area contributed by atoms with E-state index < -0.39 is 66.2 Å². The highest BCUT2D eigenvalue weighted by Gasteiger charge is 2.32. The van der Waals surface area contributed by atoms with Crippen molar-refractivity contribution in [2.45, 2.75) is 70.1 Å². The maximum Gasteiger partial charge on any atom is 0.326 e. The molecule has 14 nitrogen and oxygen atoms in total. The van der Waals surface area contributed by atoms with Crippen LogP contribution in [-0.4, -0.2) is 81.6 Å². The van der Waals surface area contributed by atoms with E-state index in [0.29, 0.717) is 11.1 Å². The van der Waals surface area contributed by atoms with Gasteiger partial charge >= 0.3 is 11.9 Å². The molecule has 0 unspecified atom stereocenters. The van der Waals surface area contributed by atoms with Gasteiger partial charge in [0.2, 0.25) is 23.6 Å². The first-order chi connectivity index (χ1) is 21.3. The Morgan fingerprint density at radius 3 is 1.76 bits per heavy atom. The van der Waals surface area contributed by atoms with Crippen LogP contribution in [0.15, 0.2) is 54.6 Å². The predicted molar refractivity (Wildman–Crippen MR) is 163 cm³/mol. The average molecular weight is 628 g/mol. The first kappa shape index (κ1) is 36.2. The van der Waals surface area contributed by atoms with Gasteiger partial charge in [-0.05, 0) is 42.0 Å². The molecule has 4 amide bonds. The Labute approximate surface area is 260 Å². The molecule has 9 N–H and O–H groups in total. The second-order valence-corrected chi connectivity index (χ2v) is 11.0. The van der Waals surface area contributed by atoms with Crippen LogP contribution in [0.2, 0.25) is 0 Å². The quantitative estimate of drug-likeness (QED) is 0.111. The Morgan fingerprint density at radius 2 is 1.20 bits per heavy atom. The second-order valence-electron chi connectivity index (χ2n) is 11.0. The summed E-state index contributed by atoms with van der Waals surface area (Å²) >= 11 is 0. The first-order valence-corrected chi connectivity index (χ1v) is 14.5. The molecule has 2 rings (SSSR count). The van der Waals surface area contributed by atoms with Crippen LogP contribution >= 0.6 is 0 Å². The van der Waals surface area contributed by atoms with E-state index in [1.54, 1.807) is 30.3 Å². The highest BCUT2D eigenvalue weighted by atomic mass is 16.4. The van der Waals surface area contributed by atoms with Crippen molar-refractivity contribution in [2.75, 3.05) is 6.54 Å². The number of nitrogens with two attached hydrogens (primary N) is 1. The molecule has 0 radical (unpaired) electrons. The maximum absolute atomic E-state index is 13.6. The van der Waals surface area contributed by atoms with Gasteiger partial charge in [0, 0.05) is 19.3 Å². The lowest BCUT2D eigenvalue weighted by molar-refractivity contribution is -0.143. The summed E-state index contributed by atoms with van der Waals surface area (Å²) in [5.74, 6) is -5.64. The minimum absolute atomic E-state index is 0.00641. The van der Waals surface area contributed by atoms with Crippen molar-refractivity contribution >= 4 is 35.6 Å². The Balaban J connectivity index is 2.31. The van der Waals surface area contributed by atoms with Crippen LogP contribution in [0.3, 0.4) is 0 Å². The highest BCUT2D eigenvalue weighted by molar-refractivity contribution is 5.95. The van der Waals surface area contributed by atoms with E-state index in [4.69, 9.17) is 5.73 Å². The summed E-state index contributed by atoms with van der Waals surface area (Å²) < 4.78 is 0. The number of phenolic OH excluding ortho intramolecular Hbond substituents is 1. The molecule has 0 saturated carbocycles. The molecular formula is C31H41N5O9. The number of aliphatic carboxylic acids is 2. The molecule has 0 aliphatic rings. The number of hydrogen-bond acceptors (Lipinski definition) is 8. The van der Waals surface area contributed by atoms with Gasteiger partial charge in [-0.15, -0.1) is 0 Å². The van der Waals surface area contributed by atoms with E-state index in [0.717, 1.165) is 0 Å². The van der Waals surface area contributed by atoms with Crippen molar-refractivity contribution in [1.82, 2.24) is 21.3 Å². The highest BCUT2D eigenvalue weighted by Crippen LogP contribution is 2.13. The lowest BCUT2D eigenvalue weighted by Crippen LogP contribution is -2.58. The van der Waals surface area contributed by atoms with E-state index in [2.05, 4.69) is 21.3 Å². The molecule has 0 spiro atoms. The Morgan fingerprint density at radius 1 is 0.689 bits per heavy atom. The molecule has 45 heavy (non-hydrogen) atoms.